The first-order chi connectivity index (χ1) is 9.56. The summed E-state index contributed by atoms with van der Waals surface area (Å²) in [5.74, 6) is -1.04. The van der Waals surface area contributed by atoms with Gasteiger partial charge in [0, 0.05) is 23.0 Å². The summed E-state index contributed by atoms with van der Waals surface area (Å²) >= 11 is 5.71. The van der Waals surface area contributed by atoms with E-state index in [1.165, 1.54) is 36.5 Å². The van der Waals surface area contributed by atoms with Gasteiger partial charge < -0.3 is 10.5 Å². The van der Waals surface area contributed by atoms with Crippen LogP contribution >= 0.6 is 11.6 Å². The number of fused-ring (bicyclic) bond motifs is 1. The molecule has 0 spiro atoms. The molecule has 3 nitrogen and oxygen atoms in total. The van der Waals surface area contributed by atoms with Gasteiger partial charge in [0.1, 0.15) is 11.3 Å². The number of benzene rings is 2. The summed E-state index contributed by atoms with van der Waals surface area (Å²) in [7, 11) is 0. The maximum atomic E-state index is 13.6. The number of hydrogen-bond donors (Lipinski definition) is 2. The fourth-order valence-electron chi connectivity index (χ4n) is 2.04. The number of anilines is 2. The molecule has 20 heavy (non-hydrogen) atoms. The van der Waals surface area contributed by atoms with Crippen molar-refractivity contribution in [2.24, 2.45) is 0 Å². The summed E-state index contributed by atoms with van der Waals surface area (Å²) in [5, 5.41) is 13.1. The van der Waals surface area contributed by atoms with Gasteiger partial charge in [-0.05, 0) is 36.4 Å². The van der Waals surface area contributed by atoms with Gasteiger partial charge in [-0.15, -0.1) is 0 Å². The van der Waals surface area contributed by atoms with Gasteiger partial charge in [-0.1, -0.05) is 11.6 Å². The third-order valence-electron chi connectivity index (χ3n) is 2.98. The number of rotatable bonds is 2. The fourth-order valence-corrected chi connectivity index (χ4v) is 2.22. The van der Waals surface area contributed by atoms with Gasteiger partial charge in [0.25, 0.3) is 0 Å². The first kappa shape index (κ1) is 12.7. The molecule has 2 N–H and O–H groups in total. The van der Waals surface area contributed by atoms with E-state index in [0.29, 0.717) is 21.5 Å². The Kier molecular flexibility index (Phi) is 2.99. The first-order valence-electron chi connectivity index (χ1n) is 5.77. The number of nitrogens with one attached hydrogen (secondary N) is 1. The third kappa shape index (κ3) is 2.06. The van der Waals surface area contributed by atoms with E-state index >= 15 is 0 Å². The van der Waals surface area contributed by atoms with Crippen molar-refractivity contribution in [1.29, 1.82) is 0 Å². The Morgan fingerprint density at radius 3 is 2.55 bits per heavy atom. The zero-order valence-electron chi connectivity index (χ0n) is 10.1. The van der Waals surface area contributed by atoms with Crippen LogP contribution in [0.5, 0.6) is 0 Å². The average molecular weight is 295 g/mol. The van der Waals surface area contributed by atoms with E-state index in [4.69, 9.17) is 11.6 Å². The topological polar surface area (TPSA) is 37.2 Å². The van der Waals surface area contributed by atoms with Crippen LogP contribution in [-0.4, -0.2) is 9.94 Å². The van der Waals surface area contributed by atoms with Gasteiger partial charge in [-0.25, -0.2) is 8.78 Å². The largest absolute Gasteiger partial charge is 0.428 e. The fraction of sp³-hybridized carbons (Fsp3) is 0. The Morgan fingerprint density at radius 2 is 1.80 bits per heavy atom. The summed E-state index contributed by atoms with van der Waals surface area (Å²) in [6, 6.07) is 8.54. The predicted octanol–water partition coefficient (Wildman–Crippen LogP) is 4.55. The molecular formula is C14H9ClF2N2O. The molecule has 0 saturated carbocycles. The second-order valence-electron chi connectivity index (χ2n) is 4.27. The minimum atomic E-state index is -0.532. The standard InChI is InChI=1S/C14H9ClF2N2O/c15-10-7-8(1-2-11(10)16)18-13-4-3-12(17)14-9(13)5-6-19(14)20/h1-7,18,20H. The molecule has 2 aromatic carbocycles. The van der Waals surface area contributed by atoms with E-state index in [0.717, 1.165) is 0 Å². The maximum Gasteiger partial charge on any atom is 0.151 e. The Bertz CT molecular complexity index is 801. The molecular weight excluding hydrogens is 286 g/mol. The van der Waals surface area contributed by atoms with Crippen molar-refractivity contribution in [2.45, 2.75) is 0 Å². The van der Waals surface area contributed by atoms with Crippen LogP contribution in [0.25, 0.3) is 10.9 Å². The van der Waals surface area contributed by atoms with E-state index in [1.54, 1.807) is 6.07 Å². The lowest BCUT2D eigenvalue weighted by Crippen LogP contribution is -1.95. The smallest absolute Gasteiger partial charge is 0.151 e. The van der Waals surface area contributed by atoms with E-state index < -0.39 is 11.6 Å². The zero-order valence-corrected chi connectivity index (χ0v) is 10.8. The second-order valence-corrected chi connectivity index (χ2v) is 4.68. The van der Waals surface area contributed by atoms with Crippen molar-refractivity contribution in [3.8, 4) is 0 Å². The van der Waals surface area contributed by atoms with Crippen molar-refractivity contribution in [2.75, 3.05) is 5.32 Å². The Balaban J connectivity index is 2.07. The highest BCUT2D eigenvalue weighted by molar-refractivity contribution is 6.31. The van der Waals surface area contributed by atoms with Crippen LogP contribution in [0.15, 0.2) is 42.6 Å². The molecule has 102 valence electrons. The number of nitrogens with zero attached hydrogens (tertiary/aromatic N) is 1. The molecule has 0 saturated heterocycles. The lowest BCUT2D eigenvalue weighted by atomic mass is 10.2. The van der Waals surface area contributed by atoms with Crippen molar-refractivity contribution in [3.63, 3.8) is 0 Å². The van der Waals surface area contributed by atoms with Crippen LogP contribution in [0.4, 0.5) is 20.2 Å². The average Bonchev–Trinajstić information content (AvgIpc) is 2.81. The quantitative estimate of drug-likeness (QED) is 0.680. The monoisotopic (exact) mass is 294 g/mol. The minimum Gasteiger partial charge on any atom is -0.428 e. The van der Waals surface area contributed by atoms with Crippen molar-refractivity contribution >= 4 is 33.9 Å². The normalized spacial score (nSPS) is 10.9. The highest BCUT2D eigenvalue weighted by Crippen LogP contribution is 2.30. The van der Waals surface area contributed by atoms with Crippen LogP contribution in [0, 0.1) is 11.6 Å². The number of halogens is 3. The van der Waals surface area contributed by atoms with Crippen LogP contribution in [0.3, 0.4) is 0 Å². The van der Waals surface area contributed by atoms with E-state index in [2.05, 4.69) is 5.32 Å². The molecule has 0 bridgehead atoms. The molecule has 0 amide bonds. The maximum absolute atomic E-state index is 13.6. The molecule has 6 heteroatoms. The molecule has 0 fully saturated rings. The SMILES string of the molecule is On1ccc2c(Nc3ccc(F)c(Cl)c3)ccc(F)c21. The summed E-state index contributed by atoms with van der Waals surface area (Å²) in [6.07, 6.45) is 1.34. The predicted molar refractivity (Wildman–Crippen MR) is 73.8 cm³/mol. The summed E-state index contributed by atoms with van der Waals surface area (Å²) in [6.45, 7) is 0. The molecule has 0 radical (unpaired) electrons. The molecule has 3 aromatic rings. The highest BCUT2D eigenvalue weighted by atomic mass is 35.5. The molecule has 3 rings (SSSR count). The van der Waals surface area contributed by atoms with Crippen LogP contribution in [-0.2, 0) is 0 Å². The summed E-state index contributed by atoms with van der Waals surface area (Å²) in [4.78, 5) is 0. The van der Waals surface area contributed by atoms with Crippen molar-refractivity contribution in [1.82, 2.24) is 4.73 Å². The first-order valence-corrected chi connectivity index (χ1v) is 6.15. The lowest BCUT2D eigenvalue weighted by molar-refractivity contribution is 0.198. The molecule has 1 heterocycles. The minimum absolute atomic E-state index is 0.00640. The van der Waals surface area contributed by atoms with Gasteiger partial charge in [-0.3, -0.25) is 0 Å². The number of aromatic nitrogens is 1. The molecule has 0 aliphatic heterocycles. The highest BCUT2D eigenvalue weighted by Gasteiger charge is 2.11. The lowest BCUT2D eigenvalue weighted by Gasteiger charge is -2.09. The van der Waals surface area contributed by atoms with Crippen molar-refractivity contribution < 1.29 is 14.0 Å². The van der Waals surface area contributed by atoms with Crippen LogP contribution in [0.2, 0.25) is 5.02 Å². The van der Waals surface area contributed by atoms with E-state index in [9.17, 15) is 14.0 Å². The van der Waals surface area contributed by atoms with Crippen LogP contribution in [0.1, 0.15) is 0 Å². The van der Waals surface area contributed by atoms with Crippen LogP contribution < -0.4 is 5.32 Å². The second kappa shape index (κ2) is 4.68. The van der Waals surface area contributed by atoms with E-state index in [-0.39, 0.29) is 10.5 Å². The molecule has 0 aliphatic rings. The summed E-state index contributed by atoms with van der Waals surface area (Å²) < 4.78 is 27.5. The number of hydrogen-bond acceptors (Lipinski definition) is 2. The molecule has 0 aliphatic carbocycles. The molecule has 1 aromatic heterocycles. The third-order valence-corrected chi connectivity index (χ3v) is 3.27. The Morgan fingerprint density at radius 1 is 1.05 bits per heavy atom. The summed E-state index contributed by atoms with van der Waals surface area (Å²) in [5.41, 5.74) is 1.22. The molecule has 0 atom stereocenters. The van der Waals surface area contributed by atoms with Gasteiger partial charge in [0.2, 0.25) is 0 Å². The van der Waals surface area contributed by atoms with Gasteiger partial charge in [0.05, 0.1) is 5.02 Å². The van der Waals surface area contributed by atoms with Gasteiger partial charge in [0.15, 0.2) is 5.82 Å². The van der Waals surface area contributed by atoms with Gasteiger partial charge in [-0.2, -0.15) is 4.73 Å². The van der Waals surface area contributed by atoms with Crippen molar-refractivity contribution in [3.05, 3.63) is 59.3 Å². The van der Waals surface area contributed by atoms with E-state index in [1.807, 2.05) is 0 Å². The molecule has 0 unspecified atom stereocenters. The Labute approximate surface area is 118 Å². The van der Waals surface area contributed by atoms with Gasteiger partial charge >= 0.3 is 0 Å². The Hall–Kier alpha value is -2.27. The zero-order chi connectivity index (χ0) is 14.3.